The van der Waals surface area contributed by atoms with Gasteiger partial charge in [0.15, 0.2) is 0 Å². The molecule has 1 aromatic carbocycles. The molecule has 3 N–H and O–H groups in total. The zero-order valence-electron chi connectivity index (χ0n) is 13.2. The molecule has 0 aliphatic rings. The summed E-state index contributed by atoms with van der Waals surface area (Å²) in [4.78, 5) is 12.0. The zero-order valence-corrected chi connectivity index (χ0v) is 13.2. The van der Waals surface area contributed by atoms with Crippen molar-refractivity contribution in [3.63, 3.8) is 0 Å². The van der Waals surface area contributed by atoms with Crippen molar-refractivity contribution >= 4 is 11.7 Å². The van der Waals surface area contributed by atoms with Gasteiger partial charge in [-0.2, -0.15) is 0 Å². The van der Waals surface area contributed by atoms with Gasteiger partial charge in [0.25, 0.3) is 0 Å². The largest absolute Gasteiger partial charge is 0.396 e. The molecule has 21 heavy (non-hydrogen) atoms. The van der Waals surface area contributed by atoms with Crippen molar-refractivity contribution in [1.82, 2.24) is 5.32 Å². The van der Waals surface area contributed by atoms with Crippen LogP contribution in [0.3, 0.4) is 0 Å². The maximum atomic E-state index is 12.0. The van der Waals surface area contributed by atoms with Gasteiger partial charge >= 0.3 is 6.03 Å². The molecule has 5 nitrogen and oxygen atoms in total. The molecule has 0 unspecified atom stereocenters. The number of aliphatic hydroxyl groups is 1. The van der Waals surface area contributed by atoms with Gasteiger partial charge in [0, 0.05) is 25.4 Å². The van der Waals surface area contributed by atoms with Crippen molar-refractivity contribution in [3.05, 3.63) is 29.8 Å². The lowest BCUT2D eigenvalue weighted by atomic mass is 10.0. The standard InChI is InChI=1S/C16H26N2O3/c1-11(2)15(8-9-19)18-16(20)17-14-7-5-6-13(10-14)12(3)21-4/h5-7,10-12,15,19H,8-9H2,1-4H3,(H2,17,18,20)/t12-,15+/m1/s1. The van der Waals surface area contributed by atoms with Gasteiger partial charge in [-0.05, 0) is 37.0 Å². The van der Waals surface area contributed by atoms with Crippen LogP contribution in [0.25, 0.3) is 0 Å². The average molecular weight is 294 g/mol. The molecule has 0 aromatic heterocycles. The minimum Gasteiger partial charge on any atom is -0.396 e. The quantitative estimate of drug-likeness (QED) is 0.724. The van der Waals surface area contributed by atoms with E-state index in [1.54, 1.807) is 7.11 Å². The second-order valence-electron chi connectivity index (χ2n) is 5.46. The molecule has 0 aliphatic heterocycles. The second-order valence-corrected chi connectivity index (χ2v) is 5.46. The van der Waals surface area contributed by atoms with Crippen molar-refractivity contribution < 1.29 is 14.6 Å². The first-order valence-electron chi connectivity index (χ1n) is 7.29. The number of hydrogen-bond acceptors (Lipinski definition) is 3. The fraction of sp³-hybridized carbons (Fsp3) is 0.562. The summed E-state index contributed by atoms with van der Waals surface area (Å²) in [5.74, 6) is 0.266. The number of amides is 2. The van der Waals surface area contributed by atoms with E-state index in [1.807, 2.05) is 45.0 Å². The minimum absolute atomic E-state index is 0.0207. The molecule has 0 heterocycles. The molecular formula is C16H26N2O3. The van der Waals surface area contributed by atoms with Gasteiger partial charge in [0.1, 0.15) is 0 Å². The fourth-order valence-corrected chi connectivity index (χ4v) is 2.05. The van der Waals surface area contributed by atoms with Crippen molar-refractivity contribution in [2.24, 2.45) is 5.92 Å². The highest BCUT2D eigenvalue weighted by atomic mass is 16.5. The van der Waals surface area contributed by atoms with Crippen LogP contribution in [0.4, 0.5) is 10.5 Å². The maximum absolute atomic E-state index is 12.0. The Labute approximate surface area is 126 Å². The lowest BCUT2D eigenvalue weighted by Gasteiger charge is -2.22. The van der Waals surface area contributed by atoms with Crippen LogP contribution in [0.15, 0.2) is 24.3 Å². The summed E-state index contributed by atoms with van der Waals surface area (Å²) in [6.07, 6.45) is 0.527. The predicted molar refractivity (Wildman–Crippen MR) is 84.3 cm³/mol. The van der Waals surface area contributed by atoms with Crippen LogP contribution in [-0.4, -0.2) is 30.9 Å². The number of nitrogens with one attached hydrogen (secondary N) is 2. The third-order valence-electron chi connectivity index (χ3n) is 3.53. The Morgan fingerprint density at radius 3 is 2.62 bits per heavy atom. The van der Waals surface area contributed by atoms with Crippen LogP contribution < -0.4 is 10.6 Å². The highest BCUT2D eigenvalue weighted by Gasteiger charge is 2.15. The summed E-state index contributed by atoms with van der Waals surface area (Å²) in [6.45, 7) is 6.04. The number of benzene rings is 1. The van der Waals surface area contributed by atoms with E-state index in [0.29, 0.717) is 6.42 Å². The number of aliphatic hydroxyl groups excluding tert-OH is 1. The number of methoxy groups -OCH3 is 1. The maximum Gasteiger partial charge on any atom is 0.319 e. The normalized spacial score (nSPS) is 13.8. The lowest BCUT2D eigenvalue weighted by Crippen LogP contribution is -2.41. The van der Waals surface area contributed by atoms with E-state index >= 15 is 0 Å². The van der Waals surface area contributed by atoms with E-state index < -0.39 is 0 Å². The van der Waals surface area contributed by atoms with Gasteiger partial charge in [-0.15, -0.1) is 0 Å². The van der Waals surface area contributed by atoms with Gasteiger partial charge < -0.3 is 20.5 Å². The molecule has 1 aromatic rings. The minimum atomic E-state index is -0.260. The number of carbonyl (C=O) groups excluding carboxylic acids is 1. The Hall–Kier alpha value is -1.59. The first kappa shape index (κ1) is 17.5. The molecule has 0 aliphatic carbocycles. The van der Waals surface area contributed by atoms with E-state index in [1.165, 1.54) is 0 Å². The van der Waals surface area contributed by atoms with Crippen LogP contribution in [0.5, 0.6) is 0 Å². The number of urea groups is 1. The lowest BCUT2D eigenvalue weighted by molar-refractivity contribution is 0.119. The van der Waals surface area contributed by atoms with Crippen molar-refractivity contribution in [1.29, 1.82) is 0 Å². The first-order valence-corrected chi connectivity index (χ1v) is 7.29. The number of carbonyl (C=O) groups is 1. The molecule has 2 atom stereocenters. The fourth-order valence-electron chi connectivity index (χ4n) is 2.05. The molecule has 0 saturated heterocycles. The average Bonchev–Trinajstić information content (AvgIpc) is 2.46. The summed E-state index contributed by atoms with van der Waals surface area (Å²) in [5, 5.41) is 14.7. The Kier molecular flexibility index (Phi) is 7.19. The molecule has 0 saturated carbocycles. The third-order valence-corrected chi connectivity index (χ3v) is 3.53. The molecular weight excluding hydrogens is 268 g/mol. The van der Waals surface area contributed by atoms with Gasteiger partial charge in [-0.1, -0.05) is 26.0 Å². The first-order chi connectivity index (χ1) is 9.97. The van der Waals surface area contributed by atoms with E-state index in [2.05, 4.69) is 10.6 Å². The van der Waals surface area contributed by atoms with Crippen molar-refractivity contribution in [2.45, 2.75) is 39.3 Å². The monoisotopic (exact) mass is 294 g/mol. The second kappa shape index (κ2) is 8.64. The molecule has 0 bridgehead atoms. The van der Waals surface area contributed by atoms with Crippen molar-refractivity contribution in [2.75, 3.05) is 19.0 Å². The Morgan fingerprint density at radius 2 is 2.05 bits per heavy atom. The highest BCUT2D eigenvalue weighted by molar-refractivity contribution is 5.89. The number of rotatable bonds is 7. The van der Waals surface area contributed by atoms with Crippen LogP contribution in [0, 0.1) is 5.92 Å². The van der Waals surface area contributed by atoms with Gasteiger partial charge in [0.05, 0.1) is 6.10 Å². The van der Waals surface area contributed by atoms with Crippen LogP contribution in [-0.2, 0) is 4.74 Å². The molecule has 0 radical (unpaired) electrons. The van der Waals surface area contributed by atoms with E-state index in [9.17, 15) is 4.79 Å². The summed E-state index contributed by atoms with van der Waals surface area (Å²) in [5.41, 5.74) is 1.73. The smallest absolute Gasteiger partial charge is 0.319 e. The van der Waals surface area contributed by atoms with Crippen LogP contribution in [0.1, 0.15) is 38.9 Å². The van der Waals surface area contributed by atoms with E-state index in [-0.39, 0.29) is 30.7 Å². The van der Waals surface area contributed by atoms with Gasteiger partial charge in [0.2, 0.25) is 0 Å². The van der Waals surface area contributed by atoms with Gasteiger partial charge in [-0.25, -0.2) is 4.79 Å². The van der Waals surface area contributed by atoms with E-state index in [4.69, 9.17) is 9.84 Å². The molecule has 0 fully saturated rings. The Balaban J connectivity index is 2.66. The van der Waals surface area contributed by atoms with Crippen LogP contribution >= 0.6 is 0 Å². The summed E-state index contributed by atoms with van der Waals surface area (Å²) in [7, 11) is 1.65. The van der Waals surface area contributed by atoms with E-state index in [0.717, 1.165) is 11.3 Å². The highest BCUT2D eigenvalue weighted by Crippen LogP contribution is 2.19. The number of ether oxygens (including phenoxy) is 1. The van der Waals surface area contributed by atoms with Gasteiger partial charge in [-0.3, -0.25) is 0 Å². The molecule has 2 amide bonds. The third kappa shape index (κ3) is 5.73. The molecule has 1 rings (SSSR count). The van der Waals surface area contributed by atoms with Crippen molar-refractivity contribution in [3.8, 4) is 0 Å². The molecule has 118 valence electrons. The number of hydrogen-bond donors (Lipinski definition) is 3. The SMILES string of the molecule is CO[C@H](C)c1cccc(NC(=O)N[C@@H](CCO)C(C)C)c1. The number of anilines is 1. The van der Waals surface area contributed by atoms with Crippen LogP contribution in [0.2, 0.25) is 0 Å². The summed E-state index contributed by atoms with van der Waals surface area (Å²) < 4.78 is 5.27. The molecule has 0 spiro atoms. The summed E-state index contributed by atoms with van der Waals surface area (Å²) >= 11 is 0. The Bertz CT molecular complexity index is 449. The topological polar surface area (TPSA) is 70.6 Å². The summed E-state index contributed by atoms with van der Waals surface area (Å²) in [6, 6.07) is 7.26. The Morgan fingerprint density at radius 1 is 1.33 bits per heavy atom. The molecule has 5 heteroatoms. The zero-order chi connectivity index (χ0) is 15.8. The predicted octanol–water partition coefficient (Wildman–Crippen LogP) is 2.92.